The summed E-state index contributed by atoms with van der Waals surface area (Å²) in [6, 6.07) is 13.9. The van der Waals surface area contributed by atoms with Gasteiger partial charge in [0.25, 0.3) is 0 Å². The van der Waals surface area contributed by atoms with E-state index in [-0.39, 0.29) is 17.0 Å². The minimum atomic E-state index is -0.335. The Kier molecular flexibility index (Phi) is 6.36. The minimum absolute atomic E-state index is 0.0430. The average molecular weight is 399 g/mol. The summed E-state index contributed by atoms with van der Waals surface area (Å²) >= 11 is 1.39. The molecule has 0 aliphatic heterocycles. The van der Waals surface area contributed by atoms with Crippen molar-refractivity contribution < 1.29 is 13.9 Å². The fourth-order valence-electron chi connectivity index (χ4n) is 2.82. The molecule has 0 aliphatic rings. The lowest BCUT2D eigenvalue weighted by atomic mass is 10.2. The summed E-state index contributed by atoms with van der Waals surface area (Å²) in [7, 11) is 3.35. The minimum Gasteiger partial charge on any atom is -0.497 e. The predicted octanol–water partition coefficient (Wildman–Crippen LogP) is 4.16. The van der Waals surface area contributed by atoms with Crippen molar-refractivity contribution in [3.05, 3.63) is 72.3 Å². The van der Waals surface area contributed by atoms with Gasteiger partial charge in [-0.1, -0.05) is 23.9 Å². The molecule has 0 bridgehead atoms. The van der Waals surface area contributed by atoms with E-state index in [0.717, 1.165) is 22.2 Å². The van der Waals surface area contributed by atoms with Crippen LogP contribution in [0.4, 0.5) is 4.39 Å². The van der Waals surface area contributed by atoms with E-state index in [1.807, 2.05) is 42.0 Å². The number of methoxy groups -OCH3 is 1. The van der Waals surface area contributed by atoms with Crippen molar-refractivity contribution in [3.63, 3.8) is 0 Å². The van der Waals surface area contributed by atoms with E-state index in [0.29, 0.717) is 6.54 Å². The van der Waals surface area contributed by atoms with Gasteiger partial charge in [-0.2, -0.15) is 0 Å². The second-order valence-electron chi connectivity index (χ2n) is 6.36. The lowest BCUT2D eigenvalue weighted by Gasteiger charge is -2.21. The zero-order valence-corrected chi connectivity index (χ0v) is 16.8. The van der Waals surface area contributed by atoms with Gasteiger partial charge in [-0.05, 0) is 48.9 Å². The maximum Gasteiger partial charge on any atom is 0.235 e. The number of halogens is 1. The molecule has 1 atom stereocenters. The quantitative estimate of drug-likeness (QED) is 0.560. The molecule has 0 N–H and O–H groups in total. The van der Waals surface area contributed by atoms with Crippen LogP contribution < -0.4 is 4.74 Å². The van der Waals surface area contributed by atoms with Crippen LogP contribution in [0.1, 0.15) is 12.5 Å². The first-order valence-corrected chi connectivity index (χ1v) is 9.69. The van der Waals surface area contributed by atoms with Crippen LogP contribution in [0.25, 0.3) is 5.69 Å². The molecule has 1 unspecified atom stereocenters. The standard InChI is InChI=1S/C21H22FN3O2S/c1-15(20(26)24(2)14-16-5-4-6-17(22)13-16)28-21-23-11-12-25(21)18-7-9-19(27-3)10-8-18/h4-13,15H,14H2,1-3H3. The summed E-state index contributed by atoms with van der Waals surface area (Å²) in [6.07, 6.45) is 3.57. The molecule has 7 heteroatoms. The highest BCUT2D eigenvalue weighted by molar-refractivity contribution is 8.00. The second kappa shape index (κ2) is 8.93. The van der Waals surface area contributed by atoms with Crippen LogP contribution in [0.3, 0.4) is 0 Å². The number of thioether (sulfide) groups is 1. The summed E-state index contributed by atoms with van der Waals surface area (Å²) in [5, 5.41) is 0.392. The Hall–Kier alpha value is -2.80. The molecule has 1 heterocycles. The van der Waals surface area contributed by atoms with Crippen LogP contribution in [0.15, 0.2) is 66.1 Å². The Labute approximate surface area is 168 Å². The number of hydrogen-bond acceptors (Lipinski definition) is 4. The van der Waals surface area contributed by atoms with Crippen LogP contribution in [0, 0.1) is 5.82 Å². The van der Waals surface area contributed by atoms with Gasteiger partial charge in [-0.25, -0.2) is 9.37 Å². The van der Waals surface area contributed by atoms with Gasteiger partial charge in [0.05, 0.1) is 12.4 Å². The van der Waals surface area contributed by atoms with Crippen LogP contribution in [-0.2, 0) is 11.3 Å². The average Bonchev–Trinajstić information content (AvgIpc) is 3.15. The number of hydrogen-bond donors (Lipinski definition) is 0. The van der Waals surface area contributed by atoms with Crippen molar-refractivity contribution in [2.75, 3.05) is 14.2 Å². The summed E-state index contributed by atoms with van der Waals surface area (Å²) in [5.74, 6) is 0.432. The van der Waals surface area contributed by atoms with Crippen molar-refractivity contribution in [1.29, 1.82) is 0 Å². The van der Waals surface area contributed by atoms with E-state index in [1.54, 1.807) is 37.4 Å². The first kappa shape index (κ1) is 19.9. The number of nitrogens with zero attached hydrogens (tertiary/aromatic N) is 3. The zero-order chi connectivity index (χ0) is 20.1. The number of aromatic nitrogens is 2. The smallest absolute Gasteiger partial charge is 0.235 e. The Morgan fingerprint density at radius 1 is 1.29 bits per heavy atom. The maximum atomic E-state index is 13.4. The number of carbonyl (C=O) groups excluding carboxylic acids is 1. The van der Waals surface area contributed by atoms with Crippen molar-refractivity contribution in [2.45, 2.75) is 23.9 Å². The Bertz CT molecular complexity index is 943. The monoisotopic (exact) mass is 399 g/mol. The molecule has 0 aliphatic carbocycles. The van der Waals surface area contributed by atoms with Crippen molar-refractivity contribution in [1.82, 2.24) is 14.5 Å². The first-order valence-electron chi connectivity index (χ1n) is 8.82. The molecular formula is C21H22FN3O2S. The summed E-state index contributed by atoms with van der Waals surface area (Å²) in [4.78, 5) is 18.7. The van der Waals surface area contributed by atoms with E-state index in [2.05, 4.69) is 4.98 Å². The van der Waals surface area contributed by atoms with Crippen LogP contribution in [-0.4, -0.2) is 39.8 Å². The van der Waals surface area contributed by atoms with Gasteiger partial charge >= 0.3 is 0 Å². The van der Waals surface area contributed by atoms with Gasteiger partial charge in [0, 0.05) is 31.7 Å². The molecule has 28 heavy (non-hydrogen) atoms. The number of amides is 1. The van der Waals surface area contributed by atoms with Gasteiger partial charge in [0.1, 0.15) is 11.6 Å². The summed E-state index contributed by atoms with van der Waals surface area (Å²) in [5.41, 5.74) is 1.70. The molecule has 0 fully saturated rings. The molecule has 1 amide bonds. The molecule has 146 valence electrons. The van der Waals surface area contributed by atoms with Crippen molar-refractivity contribution in [3.8, 4) is 11.4 Å². The number of ether oxygens (including phenoxy) is 1. The third-order valence-electron chi connectivity index (χ3n) is 4.27. The van der Waals surface area contributed by atoms with E-state index >= 15 is 0 Å². The van der Waals surface area contributed by atoms with Gasteiger partial charge < -0.3 is 9.64 Å². The lowest BCUT2D eigenvalue weighted by Crippen LogP contribution is -2.33. The normalized spacial score (nSPS) is 11.9. The molecular weight excluding hydrogens is 377 g/mol. The first-order chi connectivity index (χ1) is 13.5. The number of rotatable bonds is 7. The van der Waals surface area contributed by atoms with E-state index in [9.17, 15) is 9.18 Å². The van der Waals surface area contributed by atoms with Gasteiger partial charge in [-0.3, -0.25) is 9.36 Å². The summed E-state index contributed by atoms with van der Waals surface area (Å²) in [6.45, 7) is 2.20. The number of carbonyl (C=O) groups is 1. The van der Waals surface area contributed by atoms with Crippen LogP contribution in [0.2, 0.25) is 0 Å². The highest BCUT2D eigenvalue weighted by Gasteiger charge is 2.21. The fourth-order valence-corrected chi connectivity index (χ4v) is 3.82. The fraction of sp³-hybridized carbons (Fsp3) is 0.238. The van der Waals surface area contributed by atoms with Crippen LogP contribution in [0.5, 0.6) is 5.75 Å². The lowest BCUT2D eigenvalue weighted by molar-refractivity contribution is -0.129. The second-order valence-corrected chi connectivity index (χ2v) is 7.67. The molecule has 0 radical (unpaired) electrons. The Morgan fingerprint density at radius 2 is 2.04 bits per heavy atom. The molecule has 5 nitrogen and oxygen atoms in total. The van der Waals surface area contributed by atoms with Crippen molar-refractivity contribution in [2.24, 2.45) is 0 Å². The van der Waals surface area contributed by atoms with Gasteiger partial charge in [0.15, 0.2) is 5.16 Å². The van der Waals surface area contributed by atoms with Crippen LogP contribution >= 0.6 is 11.8 Å². The molecule has 0 saturated heterocycles. The highest BCUT2D eigenvalue weighted by atomic mass is 32.2. The highest BCUT2D eigenvalue weighted by Crippen LogP contribution is 2.26. The summed E-state index contributed by atoms with van der Waals surface area (Å²) < 4.78 is 20.5. The van der Waals surface area contributed by atoms with E-state index < -0.39 is 0 Å². The van der Waals surface area contributed by atoms with Crippen molar-refractivity contribution >= 4 is 17.7 Å². The largest absolute Gasteiger partial charge is 0.497 e. The number of imidazole rings is 1. The molecule has 0 saturated carbocycles. The maximum absolute atomic E-state index is 13.4. The predicted molar refractivity (Wildman–Crippen MR) is 108 cm³/mol. The molecule has 3 rings (SSSR count). The van der Waals surface area contributed by atoms with E-state index in [1.165, 1.54) is 23.9 Å². The van der Waals surface area contributed by atoms with E-state index in [4.69, 9.17) is 4.74 Å². The molecule has 2 aromatic carbocycles. The third-order valence-corrected chi connectivity index (χ3v) is 5.34. The van der Waals surface area contributed by atoms with Gasteiger partial charge in [-0.15, -0.1) is 0 Å². The third kappa shape index (κ3) is 4.72. The number of benzene rings is 2. The molecule has 0 spiro atoms. The molecule has 1 aromatic heterocycles. The van der Waals surface area contributed by atoms with Gasteiger partial charge in [0.2, 0.25) is 5.91 Å². The molecule has 3 aromatic rings. The topological polar surface area (TPSA) is 47.4 Å². The SMILES string of the molecule is COc1ccc(-n2ccnc2SC(C)C(=O)N(C)Cc2cccc(F)c2)cc1. The zero-order valence-electron chi connectivity index (χ0n) is 16.0. The Balaban J connectivity index is 1.68. The Morgan fingerprint density at radius 3 is 2.71 bits per heavy atom.